The topological polar surface area (TPSA) is 110 Å². The molecule has 0 saturated heterocycles. The Bertz CT molecular complexity index is 658. The van der Waals surface area contributed by atoms with Crippen LogP contribution in [0.3, 0.4) is 0 Å². The molecule has 122 valence electrons. The molecule has 6 N–H and O–H groups in total. The van der Waals surface area contributed by atoms with E-state index in [1.807, 2.05) is 0 Å². The van der Waals surface area contributed by atoms with Gasteiger partial charge in [-0.05, 0) is 24.1 Å². The zero-order chi connectivity index (χ0) is 17.0. The van der Waals surface area contributed by atoms with Gasteiger partial charge in [0.2, 0.25) is 0 Å². The highest BCUT2D eigenvalue weighted by Crippen LogP contribution is 2.30. The van der Waals surface area contributed by atoms with Crippen molar-refractivity contribution in [2.45, 2.75) is 31.0 Å². The molecule has 0 aliphatic heterocycles. The zero-order valence-electron chi connectivity index (χ0n) is 13.0. The molecule has 0 aromatic heterocycles. The van der Waals surface area contributed by atoms with Gasteiger partial charge in [-0.25, -0.2) is 0 Å². The second kappa shape index (κ2) is 6.91. The SMILES string of the molecule is CCC(O)(c1ccc(O)cc1)C(N)C(N)C(=O)c1ccccc1. The van der Waals surface area contributed by atoms with Crippen LogP contribution in [0.4, 0.5) is 0 Å². The molecule has 0 spiro atoms. The van der Waals surface area contributed by atoms with Gasteiger partial charge >= 0.3 is 0 Å². The molecule has 3 unspecified atom stereocenters. The number of aliphatic hydroxyl groups is 1. The molecule has 23 heavy (non-hydrogen) atoms. The largest absolute Gasteiger partial charge is 0.508 e. The molecule has 0 bridgehead atoms. The van der Waals surface area contributed by atoms with Gasteiger partial charge in [0.05, 0.1) is 12.1 Å². The van der Waals surface area contributed by atoms with Crippen LogP contribution >= 0.6 is 0 Å². The first-order valence-electron chi connectivity index (χ1n) is 7.52. The molecular formula is C18H22N2O3. The van der Waals surface area contributed by atoms with Crippen molar-refractivity contribution in [1.29, 1.82) is 0 Å². The Kier molecular flexibility index (Phi) is 5.15. The molecule has 0 fully saturated rings. The molecule has 0 amide bonds. The highest BCUT2D eigenvalue weighted by atomic mass is 16.3. The Morgan fingerprint density at radius 1 is 1.09 bits per heavy atom. The first-order valence-corrected chi connectivity index (χ1v) is 7.52. The highest BCUT2D eigenvalue weighted by Gasteiger charge is 2.40. The zero-order valence-corrected chi connectivity index (χ0v) is 13.0. The smallest absolute Gasteiger partial charge is 0.181 e. The lowest BCUT2D eigenvalue weighted by atomic mass is 9.79. The van der Waals surface area contributed by atoms with Crippen LogP contribution in [0.5, 0.6) is 5.75 Å². The molecule has 2 aromatic carbocycles. The van der Waals surface area contributed by atoms with Gasteiger partial charge in [-0.2, -0.15) is 0 Å². The maximum absolute atomic E-state index is 12.5. The minimum absolute atomic E-state index is 0.0884. The number of hydrogen-bond acceptors (Lipinski definition) is 5. The molecule has 0 aliphatic carbocycles. The van der Waals surface area contributed by atoms with E-state index in [4.69, 9.17) is 11.5 Å². The van der Waals surface area contributed by atoms with Gasteiger partial charge in [0.1, 0.15) is 11.4 Å². The summed E-state index contributed by atoms with van der Waals surface area (Å²) in [6.07, 6.45) is 0.286. The van der Waals surface area contributed by atoms with Gasteiger partial charge in [-0.1, -0.05) is 49.4 Å². The van der Waals surface area contributed by atoms with E-state index < -0.39 is 17.7 Å². The number of aromatic hydroxyl groups is 1. The van der Waals surface area contributed by atoms with Crippen LogP contribution in [0.2, 0.25) is 0 Å². The number of nitrogens with two attached hydrogens (primary N) is 2. The third-order valence-electron chi connectivity index (χ3n) is 4.21. The number of rotatable bonds is 6. The minimum atomic E-state index is -1.46. The van der Waals surface area contributed by atoms with Crippen LogP contribution in [0, 0.1) is 0 Å². The van der Waals surface area contributed by atoms with E-state index in [1.165, 1.54) is 12.1 Å². The van der Waals surface area contributed by atoms with E-state index >= 15 is 0 Å². The summed E-state index contributed by atoms with van der Waals surface area (Å²) in [5, 5.41) is 20.4. The predicted octanol–water partition coefficient (Wildman–Crippen LogP) is 1.53. The summed E-state index contributed by atoms with van der Waals surface area (Å²) in [5.41, 5.74) is 11.7. The molecule has 2 rings (SSSR count). The standard InChI is InChI=1S/C18H22N2O3/c1-2-18(23,13-8-10-14(21)11-9-13)17(20)15(19)16(22)12-6-4-3-5-7-12/h3-11,15,17,21,23H,2,19-20H2,1H3. The Balaban J connectivity index is 2.29. The summed E-state index contributed by atoms with van der Waals surface area (Å²) < 4.78 is 0. The monoisotopic (exact) mass is 314 g/mol. The molecule has 0 heterocycles. The maximum Gasteiger partial charge on any atom is 0.181 e. The van der Waals surface area contributed by atoms with Gasteiger partial charge in [0, 0.05) is 5.56 Å². The van der Waals surface area contributed by atoms with Crippen LogP contribution < -0.4 is 11.5 Å². The maximum atomic E-state index is 12.5. The van der Waals surface area contributed by atoms with Crippen LogP contribution in [0.15, 0.2) is 54.6 Å². The minimum Gasteiger partial charge on any atom is -0.508 e. The van der Waals surface area contributed by atoms with E-state index in [0.717, 1.165) is 0 Å². The molecule has 0 aliphatic rings. The van der Waals surface area contributed by atoms with Gasteiger partial charge in [-0.15, -0.1) is 0 Å². The van der Waals surface area contributed by atoms with Crippen molar-refractivity contribution in [2.75, 3.05) is 0 Å². The predicted molar refractivity (Wildman–Crippen MR) is 89.0 cm³/mol. The van der Waals surface area contributed by atoms with Crippen molar-refractivity contribution in [2.24, 2.45) is 11.5 Å². The number of Topliss-reactive ketones (excluding diaryl/α,β-unsaturated/α-hetero) is 1. The molecule has 0 saturated carbocycles. The lowest BCUT2D eigenvalue weighted by Crippen LogP contribution is -2.58. The number of phenolic OH excluding ortho intramolecular Hbond substituents is 1. The van der Waals surface area contributed by atoms with E-state index in [9.17, 15) is 15.0 Å². The normalized spacial score (nSPS) is 16.3. The summed E-state index contributed by atoms with van der Waals surface area (Å²) in [6.45, 7) is 1.77. The average molecular weight is 314 g/mol. The van der Waals surface area contributed by atoms with Crippen molar-refractivity contribution in [3.63, 3.8) is 0 Å². The van der Waals surface area contributed by atoms with Gasteiger partial charge in [-0.3, -0.25) is 4.79 Å². The van der Waals surface area contributed by atoms with Crippen molar-refractivity contribution in [1.82, 2.24) is 0 Å². The van der Waals surface area contributed by atoms with Crippen LogP contribution in [0.25, 0.3) is 0 Å². The number of phenols is 1. The van der Waals surface area contributed by atoms with Crippen LogP contribution in [0.1, 0.15) is 29.3 Å². The molecule has 0 radical (unpaired) electrons. The van der Waals surface area contributed by atoms with E-state index in [-0.39, 0.29) is 18.0 Å². The van der Waals surface area contributed by atoms with E-state index in [1.54, 1.807) is 49.4 Å². The molecule has 5 heteroatoms. The molecular weight excluding hydrogens is 292 g/mol. The molecule has 2 aromatic rings. The van der Waals surface area contributed by atoms with Crippen molar-refractivity contribution < 1.29 is 15.0 Å². The number of hydrogen-bond donors (Lipinski definition) is 4. The van der Waals surface area contributed by atoms with E-state index in [2.05, 4.69) is 0 Å². The second-order valence-electron chi connectivity index (χ2n) is 5.61. The second-order valence-corrected chi connectivity index (χ2v) is 5.61. The fourth-order valence-electron chi connectivity index (χ4n) is 2.64. The summed E-state index contributed by atoms with van der Waals surface area (Å²) in [6, 6.07) is 12.7. The van der Waals surface area contributed by atoms with Crippen molar-refractivity contribution in [3.05, 3.63) is 65.7 Å². The van der Waals surface area contributed by atoms with Gasteiger partial charge in [0.25, 0.3) is 0 Å². The fraction of sp³-hybridized carbons (Fsp3) is 0.278. The Labute approximate surface area is 135 Å². The lowest BCUT2D eigenvalue weighted by Gasteiger charge is -2.36. The van der Waals surface area contributed by atoms with Crippen LogP contribution in [-0.4, -0.2) is 28.1 Å². The molecule has 3 atom stereocenters. The third kappa shape index (κ3) is 3.42. The van der Waals surface area contributed by atoms with Crippen LogP contribution in [-0.2, 0) is 5.60 Å². The fourth-order valence-corrected chi connectivity index (χ4v) is 2.64. The molecule has 5 nitrogen and oxygen atoms in total. The number of benzene rings is 2. The van der Waals surface area contributed by atoms with E-state index in [0.29, 0.717) is 11.1 Å². The summed E-state index contributed by atoms with van der Waals surface area (Å²) >= 11 is 0. The summed E-state index contributed by atoms with van der Waals surface area (Å²) in [4.78, 5) is 12.5. The summed E-state index contributed by atoms with van der Waals surface area (Å²) in [5.74, 6) is -0.228. The number of carbonyl (C=O) groups excluding carboxylic acids is 1. The Morgan fingerprint density at radius 3 is 2.17 bits per heavy atom. The summed E-state index contributed by atoms with van der Waals surface area (Å²) in [7, 11) is 0. The number of ketones is 1. The Morgan fingerprint density at radius 2 is 1.65 bits per heavy atom. The lowest BCUT2D eigenvalue weighted by molar-refractivity contribution is -0.00119. The Hall–Kier alpha value is -2.21. The average Bonchev–Trinajstić information content (AvgIpc) is 2.60. The number of carbonyl (C=O) groups is 1. The van der Waals surface area contributed by atoms with Gasteiger partial charge in [0.15, 0.2) is 5.78 Å². The first kappa shape index (κ1) is 17.1. The van der Waals surface area contributed by atoms with Gasteiger partial charge < -0.3 is 21.7 Å². The quantitative estimate of drug-likeness (QED) is 0.604. The van der Waals surface area contributed by atoms with Crippen molar-refractivity contribution in [3.8, 4) is 5.75 Å². The highest BCUT2D eigenvalue weighted by molar-refractivity contribution is 6.00. The van der Waals surface area contributed by atoms with Crippen molar-refractivity contribution >= 4 is 5.78 Å². The first-order chi connectivity index (χ1) is 10.9. The third-order valence-corrected chi connectivity index (χ3v) is 4.21.